The van der Waals surface area contributed by atoms with Crippen LogP contribution in [0, 0.1) is 5.82 Å². The second-order valence-electron chi connectivity index (χ2n) is 7.53. The van der Waals surface area contributed by atoms with Crippen LogP contribution in [-0.2, 0) is 17.9 Å². The van der Waals surface area contributed by atoms with E-state index < -0.39 is 0 Å². The molecule has 1 heterocycles. The number of nitrogens with zero attached hydrogens (tertiary/aromatic N) is 3. The number of likely N-dealkylation sites (N-methyl/N-ethyl adjacent to an activating group) is 1. The number of amides is 1. The molecule has 1 aliphatic rings. The van der Waals surface area contributed by atoms with E-state index >= 15 is 0 Å². The van der Waals surface area contributed by atoms with Gasteiger partial charge in [-0.15, -0.1) is 0 Å². The van der Waals surface area contributed by atoms with Crippen molar-refractivity contribution in [2.75, 3.05) is 38.6 Å². The van der Waals surface area contributed by atoms with Gasteiger partial charge >= 0.3 is 0 Å². The molecule has 2 aromatic carbocycles. The molecular formula is C23H30FN5O. The summed E-state index contributed by atoms with van der Waals surface area (Å²) in [5.41, 5.74) is 3.18. The summed E-state index contributed by atoms with van der Waals surface area (Å²) >= 11 is 0. The Labute approximate surface area is 177 Å². The highest BCUT2D eigenvalue weighted by Crippen LogP contribution is 2.21. The first-order valence-electron chi connectivity index (χ1n) is 10.3. The molecular weight excluding hydrogens is 381 g/mol. The van der Waals surface area contributed by atoms with Gasteiger partial charge in [0, 0.05) is 51.9 Å². The molecule has 0 atom stereocenters. The van der Waals surface area contributed by atoms with Gasteiger partial charge in [-0.2, -0.15) is 0 Å². The second kappa shape index (κ2) is 10.7. The number of nitrogens with one attached hydrogen (secondary N) is 2. The Morgan fingerprint density at radius 3 is 2.43 bits per heavy atom. The highest BCUT2D eigenvalue weighted by molar-refractivity contribution is 5.95. The average Bonchev–Trinajstić information content (AvgIpc) is 3.18. The first-order valence-corrected chi connectivity index (χ1v) is 10.3. The lowest BCUT2D eigenvalue weighted by Gasteiger charge is -2.19. The van der Waals surface area contributed by atoms with Crippen LogP contribution in [0.3, 0.4) is 0 Å². The molecule has 1 amide bonds. The summed E-state index contributed by atoms with van der Waals surface area (Å²) in [5.74, 6) is 0.732. The summed E-state index contributed by atoms with van der Waals surface area (Å²) in [7, 11) is 3.79. The minimum atomic E-state index is -0.211. The second-order valence-corrected chi connectivity index (χ2v) is 7.53. The lowest BCUT2D eigenvalue weighted by atomic mass is 10.2. The third kappa shape index (κ3) is 6.29. The number of carbonyl (C=O) groups is 1. The van der Waals surface area contributed by atoms with Crippen LogP contribution in [0.15, 0.2) is 53.5 Å². The van der Waals surface area contributed by atoms with E-state index in [0.717, 1.165) is 55.4 Å². The van der Waals surface area contributed by atoms with Crippen LogP contribution in [0.2, 0.25) is 0 Å². The maximum atomic E-state index is 13.0. The van der Waals surface area contributed by atoms with Gasteiger partial charge in [0.05, 0.1) is 0 Å². The fourth-order valence-electron chi connectivity index (χ4n) is 3.47. The Morgan fingerprint density at radius 1 is 1.10 bits per heavy atom. The molecule has 6 nitrogen and oxygen atoms in total. The SMILES string of the molecule is CN=C(NCCN(C)Cc1ccc(F)cc1)NCc1ccc(N2CCCC2=O)cc1. The van der Waals surface area contributed by atoms with Gasteiger partial charge in [0.2, 0.25) is 5.91 Å². The molecule has 30 heavy (non-hydrogen) atoms. The van der Waals surface area contributed by atoms with Gasteiger partial charge in [-0.1, -0.05) is 24.3 Å². The van der Waals surface area contributed by atoms with E-state index in [1.54, 1.807) is 7.05 Å². The molecule has 7 heteroatoms. The van der Waals surface area contributed by atoms with Crippen molar-refractivity contribution in [2.24, 2.45) is 4.99 Å². The molecule has 2 N–H and O–H groups in total. The molecule has 160 valence electrons. The van der Waals surface area contributed by atoms with Gasteiger partial charge < -0.3 is 20.4 Å². The summed E-state index contributed by atoms with van der Waals surface area (Å²) in [6.07, 6.45) is 1.58. The first kappa shape index (κ1) is 21.8. The summed E-state index contributed by atoms with van der Waals surface area (Å²) in [4.78, 5) is 20.1. The Kier molecular flexibility index (Phi) is 7.79. The number of hydrogen-bond acceptors (Lipinski definition) is 3. The van der Waals surface area contributed by atoms with Crippen LogP contribution in [0.5, 0.6) is 0 Å². The molecule has 0 saturated carbocycles. The van der Waals surface area contributed by atoms with Gasteiger partial charge in [0.15, 0.2) is 5.96 Å². The summed E-state index contributed by atoms with van der Waals surface area (Å²) in [6.45, 7) is 3.80. The number of rotatable bonds is 8. The Morgan fingerprint density at radius 2 is 1.80 bits per heavy atom. The maximum absolute atomic E-state index is 13.0. The molecule has 1 fully saturated rings. The fraction of sp³-hybridized carbons (Fsp3) is 0.391. The molecule has 1 saturated heterocycles. The minimum Gasteiger partial charge on any atom is -0.355 e. The Bertz CT molecular complexity index is 851. The van der Waals surface area contributed by atoms with Crippen LogP contribution in [-0.4, -0.2) is 50.5 Å². The van der Waals surface area contributed by atoms with Crippen molar-refractivity contribution in [3.05, 3.63) is 65.5 Å². The van der Waals surface area contributed by atoms with E-state index in [-0.39, 0.29) is 11.7 Å². The number of guanidine groups is 1. The van der Waals surface area contributed by atoms with E-state index in [1.165, 1.54) is 12.1 Å². The Hall–Kier alpha value is -2.93. The van der Waals surface area contributed by atoms with E-state index in [0.29, 0.717) is 13.0 Å². The van der Waals surface area contributed by atoms with Gasteiger partial charge in [-0.05, 0) is 48.9 Å². The van der Waals surface area contributed by atoms with Crippen molar-refractivity contribution in [3.8, 4) is 0 Å². The number of hydrogen-bond donors (Lipinski definition) is 2. The van der Waals surface area contributed by atoms with Crippen LogP contribution in [0.25, 0.3) is 0 Å². The molecule has 2 aromatic rings. The molecule has 3 rings (SSSR count). The quantitative estimate of drug-likeness (QED) is 0.518. The van der Waals surface area contributed by atoms with Crippen molar-refractivity contribution in [1.29, 1.82) is 0 Å². The molecule has 1 aliphatic heterocycles. The zero-order valence-corrected chi connectivity index (χ0v) is 17.7. The van der Waals surface area contributed by atoms with Crippen molar-refractivity contribution in [2.45, 2.75) is 25.9 Å². The van der Waals surface area contributed by atoms with Crippen LogP contribution in [0.1, 0.15) is 24.0 Å². The maximum Gasteiger partial charge on any atom is 0.227 e. The number of halogens is 1. The third-order valence-corrected chi connectivity index (χ3v) is 5.16. The van der Waals surface area contributed by atoms with E-state index in [9.17, 15) is 9.18 Å². The predicted octanol–water partition coefficient (Wildman–Crippen LogP) is 2.75. The van der Waals surface area contributed by atoms with Crippen LogP contribution < -0.4 is 15.5 Å². The molecule has 0 aromatic heterocycles. The van der Waals surface area contributed by atoms with Crippen LogP contribution >= 0.6 is 0 Å². The lowest BCUT2D eigenvalue weighted by Crippen LogP contribution is -2.40. The number of benzene rings is 2. The normalized spacial score (nSPS) is 14.5. The topological polar surface area (TPSA) is 60.0 Å². The van der Waals surface area contributed by atoms with Crippen LogP contribution in [0.4, 0.5) is 10.1 Å². The van der Waals surface area contributed by atoms with Crippen molar-refractivity contribution in [3.63, 3.8) is 0 Å². The third-order valence-electron chi connectivity index (χ3n) is 5.16. The summed E-state index contributed by atoms with van der Waals surface area (Å²) in [6, 6.07) is 14.7. The van der Waals surface area contributed by atoms with E-state index in [4.69, 9.17) is 0 Å². The predicted molar refractivity (Wildman–Crippen MR) is 119 cm³/mol. The molecule has 0 radical (unpaired) electrons. The molecule has 0 unspecified atom stereocenters. The molecule has 0 bridgehead atoms. The zero-order valence-electron chi connectivity index (χ0n) is 17.7. The van der Waals surface area contributed by atoms with Gasteiger partial charge in [0.25, 0.3) is 0 Å². The Balaban J connectivity index is 1.39. The largest absolute Gasteiger partial charge is 0.355 e. The van der Waals surface area contributed by atoms with Crippen molar-refractivity contribution in [1.82, 2.24) is 15.5 Å². The summed E-state index contributed by atoms with van der Waals surface area (Å²) in [5, 5.41) is 6.62. The minimum absolute atomic E-state index is 0.204. The lowest BCUT2D eigenvalue weighted by molar-refractivity contribution is -0.117. The average molecular weight is 412 g/mol. The van der Waals surface area contributed by atoms with E-state index in [2.05, 4.69) is 20.5 Å². The number of carbonyl (C=O) groups excluding carboxylic acids is 1. The van der Waals surface area contributed by atoms with Crippen molar-refractivity contribution < 1.29 is 9.18 Å². The summed E-state index contributed by atoms with van der Waals surface area (Å²) < 4.78 is 13.0. The van der Waals surface area contributed by atoms with Gasteiger partial charge in [0.1, 0.15) is 5.82 Å². The van der Waals surface area contributed by atoms with E-state index in [1.807, 2.05) is 48.3 Å². The first-order chi connectivity index (χ1) is 14.5. The number of anilines is 1. The highest BCUT2D eigenvalue weighted by Gasteiger charge is 2.21. The van der Waals surface area contributed by atoms with Gasteiger partial charge in [-0.3, -0.25) is 9.79 Å². The highest BCUT2D eigenvalue weighted by atomic mass is 19.1. The standard InChI is InChI=1S/C23H30FN5O/c1-25-23(26-13-15-28(2)17-19-5-9-20(24)10-6-19)27-16-18-7-11-21(12-8-18)29-14-3-4-22(29)30/h5-12H,3-4,13-17H2,1-2H3,(H2,25,26,27). The van der Waals surface area contributed by atoms with Gasteiger partial charge in [-0.25, -0.2) is 4.39 Å². The fourth-order valence-corrected chi connectivity index (χ4v) is 3.47. The monoisotopic (exact) mass is 411 g/mol. The molecule has 0 aliphatic carbocycles. The number of aliphatic imine (C=N–C) groups is 1. The smallest absolute Gasteiger partial charge is 0.227 e. The molecule has 0 spiro atoms. The van der Waals surface area contributed by atoms with Crippen molar-refractivity contribution >= 4 is 17.6 Å². The zero-order chi connectivity index (χ0) is 21.3.